The summed E-state index contributed by atoms with van der Waals surface area (Å²) in [6, 6.07) is 0.599. The van der Waals surface area contributed by atoms with Crippen LogP contribution in [0.25, 0.3) is 0 Å². The number of likely N-dealkylation sites (tertiary alicyclic amines) is 1. The number of carbonyl (C=O) groups is 1. The third-order valence-corrected chi connectivity index (χ3v) is 4.02. The molecule has 4 heteroatoms. The van der Waals surface area contributed by atoms with Crippen LogP contribution in [0.3, 0.4) is 0 Å². The molecule has 2 saturated heterocycles. The summed E-state index contributed by atoms with van der Waals surface area (Å²) in [4.78, 5) is 14.0. The fourth-order valence-electron chi connectivity index (χ4n) is 3.16. The average Bonchev–Trinajstić information content (AvgIpc) is 2.95. The van der Waals surface area contributed by atoms with Crippen molar-refractivity contribution < 1.29 is 9.53 Å². The van der Waals surface area contributed by atoms with Gasteiger partial charge in [-0.05, 0) is 38.3 Å². The zero-order chi connectivity index (χ0) is 11.5. The van der Waals surface area contributed by atoms with Crippen LogP contribution in [0.1, 0.15) is 26.2 Å². The second kappa shape index (κ2) is 5.15. The van der Waals surface area contributed by atoms with E-state index in [2.05, 4.69) is 17.1 Å². The van der Waals surface area contributed by atoms with Crippen molar-refractivity contribution in [2.24, 2.45) is 5.92 Å². The summed E-state index contributed by atoms with van der Waals surface area (Å²) in [5.74, 6) is 0.509. The van der Waals surface area contributed by atoms with Crippen LogP contribution < -0.4 is 5.32 Å². The molecule has 0 radical (unpaired) electrons. The van der Waals surface area contributed by atoms with E-state index in [1.165, 1.54) is 26.5 Å². The minimum Gasteiger partial charge on any atom is -0.468 e. The summed E-state index contributed by atoms with van der Waals surface area (Å²) in [6.07, 6.45) is 3.53. The highest BCUT2D eigenvalue weighted by molar-refractivity contribution is 5.76. The summed E-state index contributed by atoms with van der Waals surface area (Å²) in [5.41, 5.74) is 0. The number of methoxy groups -OCH3 is 1. The van der Waals surface area contributed by atoms with E-state index in [0.717, 1.165) is 19.5 Å². The maximum atomic E-state index is 11.4. The molecule has 0 aliphatic carbocycles. The number of ether oxygens (including phenoxy) is 1. The van der Waals surface area contributed by atoms with Crippen LogP contribution in [0, 0.1) is 5.92 Å². The second-order valence-electron chi connectivity index (χ2n) is 4.82. The lowest BCUT2D eigenvalue weighted by molar-refractivity contribution is -0.142. The van der Waals surface area contributed by atoms with E-state index in [9.17, 15) is 4.79 Å². The highest BCUT2D eigenvalue weighted by Gasteiger charge is 2.38. The van der Waals surface area contributed by atoms with E-state index in [1.54, 1.807) is 0 Å². The van der Waals surface area contributed by atoms with Gasteiger partial charge in [0.1, 0.15) is 6.04 Å². The molecule has 0 aromatic rings. The van der Waals surface area contributed by atoms with E-state index in [1.807, 2.05) is 0 Å². The number of hydrogen-bond donors (Lipinski definition) is 1. The Morgan fingerprint density at radius 3 is 3.06 bits per heavy atom. The van der Waals surface area contributed by atoms with Crippen molar-refractivity contribution in [3.8, 4) is 0 Å². The van der Waals surface area contributed by atoms with Gasteiger partial charge in [0, 0.05) is 12.6 Å². The van der Waals surface area contributed by atoms with Gasteiger partial charge < -0.3 is 15.0 Å². The van der Waals surface area contributed by atoms with Crippen molar-refractivity contribution in [3.63, 3.8) is 0 Å². The Labute approximate surface area is 97.3 Å². The molecule has 3 atom stereocenters. The number of esters is 1. The lowest BCUT2D eigenvalue weighted by atomic mass is 9.94. The molecular weight excluding hydrogens is 204 g/mol. The van der Waals surface area contributed by atoms with Gasteiger partial charge in [0.05, 0.1) is 7.11 Å². The number of rotatable bonds is 3. The Bertz CT molecular complexity index is 257. The van der Waals surface area contributed by atoms with Gasteiger partial charge >= 0.3 is 5.97 Å². The standard InChI is InChI=1S/C12H22N2O2/c1-3-14-6-4-5-11(14)9-7-10(13-8-9)12(15)16-2/h9-11,13H,3-8H2,1-2H3. The predicted octanol–water partition coefficient (Wildman–Crippen LogP) is 0.622. The predicted molar refractivity (Wildman–Crippen MR) is 62.2 cm³/mol. The minimum absolute atomic E-state index is 0.0747. The summed E-state index contributed by atoms with van der Waals surface area (Å²) < 4.78 is 4.78. The van der Waals surface area contributed by atoms with Gasteiger partial charge in [0.15, 0.2) is 0 Å². The van der Waals surface area contributed by atoms with Crippen molar-refractivity contribution in [2.45, 2.75) is 38.3 Å². The van der Waals surface area contributed by atoms with Crippen LogP contribution >= 0.6 is 0 Å². The van der Waals surface area contributed by atoms with Gasteiger partial charge in [-0.15, -0.1) is 0 Å². The van der Waals surface area contributed by atoms with E-state index in [0.29, 0.717) is 12.0 Å². The Kier molecular flexibility index (Phi) is 3.82. The highest BCUT2D eigenvalue weighted by Crippen LogP contribution is 2.29. The molecule has 2 fully saturated rings. The zero-order valence-electron chi connectivity index (χ0n) is 10.2. The van der Waals surface area contributed by atoms with E-state index >= 15 is 0 Å². The summed E-state index contributed by atoms with van der Waals surface area (Å²) in [5, 5.41) is 3.28. The second-order valence-corrected chi connectivity index (χ2v) is 4.82. The molecule has 16 heavy (non-hydrogen) atoms. The molecule has 4 nitrogen and oxygen atoms in total. The van der Waals surface area contributed by atoms with E-state index in [4.69, 9.17) is 4.74 Å². The van der Waals surface area contributed by atoms with Gasteiger partial charge in [-0.3, -0.25) is 4.79 Å². The molecule has 0 saturated carbocycles. The van der Waals surface area contributed by atoms with Gasteiger partial charge in [-0.25, -0.2) is 0 Å². The molecule has 2 aliphatic rings. The number of nitrogens with zero attached hydrogens (tertiary/aromatic N) is 1. The Balaban J connectivity index is 1.90. The molecule has 0 amide bonds. The van der Waals surface area contributed by atoms with Crippen LogP contribution in [0.2, 0.25) is 0 Å². The molecule has 0 aromatic heterocycles. The van der Waals surface area contributed by atoms with Crippen molar-refractivity contribution in [1.82, 2.24) is 10.2 Å². The molecule has 2 aliphatic heterocycles. The van der Waals surface area contributed by atoms with Crippen LogP contribution in [0.5, 0.6) is 0 Å². The molecule has 2 rings (SSSR count). The smallest absolute Gasteiger partial charge is 0.322 e. The fourth-order valence-corrected chi connectivity index (χ4v) is 3.16. The molecule has 92 valence electrons. The molecular formula is C12H22N2O2. The van der Waals surface area contributed by atoms with Gasteiger partial charge in [-0.1, -0.05) is 6.92 Å². The van der Waals surface area contributed by atoms with Crippen molar-refractivity contribution in [2.75, 3.05) is 26.7 Å². The van der Waals surface area contributed by atoms with Crippen LogP contribution in [-0.4, -0.2) is 49.7 Å². The topological polar surface area (TPSA) is 41.6 Å². The Hall–Kier alpha value is -0.610. The first kappa shape index (κ1) is 11.9. The maximum Gasteiger partial charge on any atom is 0.322 e. The first-order valence-corrected chi connectivity index (χ1v) is 6.31. The quantitative estimate of drug-likeness (QED) is 0.716. The summed E-state index contributed by atoms with van der Waals surface area (Å²) in [6.45, 7) is 5.53. The average molecular weight is 226 g/mol. The number of hydrogen-bond acceptors (Lipinski definition) is 4. The molecule has 2 heterocycles. The van der Waals surface area contributed by atoms with Crippen molar-refractivity contribution in [1.29, 1.82) is 0 Å². The molecule has 1 N–H and O–H groups in total. The Morgan fingerprint density at radius 2 is 2.38 bits per heavy atom. The normalized spacial score (nSPS) is 35.5. The first-order valence-electron chi connectivity index (χ1n) is 6.31. The third-order valence-electron chi connectivity index (χ3n) is 4.02. The maximum absolute atomic E-state index is 11.4. The van der Waals surface area contributed by atoms with E-state index < -0.39 is 0 Å². The Morgan fingerprint density at radius 1 is 1.56 bits per heavy atom. The highest BCUT2D eigenvalue weighted by atomic mass is 16.5. The molecule has 0 aromatic carbocycles. The van der Waals surface area contributed by atoms with Crippen LogP contribution in [-0.2, 0) is 9.53 Å². The largest absolute Gasteiger partial charge is 0.468 e. The van der Waals surface area contributed by atoms with Crippen molar-refractivity contribution >= 4 is 5.97 Å². The molecule has 0 spiro atoms. The SMILES string of the molecule is CCN1CCCC1C1CNC(C(=O)OC)C1. The molecule has 3 unspecified atom stereocenters. The first-order chi connectivity index (χ1) is 7.76. The number of carbonyl (C=O) groups excluding carboxylic acids is 1. The van der Waals surface area contributed by atoms with Gasteiger partial charge in [0.2, 0.25) is 0 Å². The number of nitrogens with one attached hydrogen (secondary N) is 1. The molecule has 0 bridgehead atoms. The summed E-state index contributed by atoms with van der Waals surface area (Å²) >= 11 is 0. The lowest BCUT2D eigenvalue weighted by Crippen LogP contribution is -2.36. The summed E-state index contributed by atoms with van der Waals surface area (Å²) in [7, 11) is 1.46. The van der Waals surface area contributed by atoms with Crippen LogP contribution in [0.4, 0.5) is 0 Å². The van der Waals surface area contributed by atoms with Crippen LogP contribution in [0.15, 0.2) is 0 Å². The third kappa shape index (κ3) is 2.23. The van der Waals surface area contributed by atoms with Gasteiger partial charge in [-0.2, -0.15) is 0 Å². The van der Waals surface area contributed by atoms with Gasteiger partial charge in [0.25, 0.3) is 0 Å². The van der Waals surface area contributed by atoms with E-state index in [-0.39, 0.29) is 12.0 Å². The minimum atomic E-state index is -0.108. The fraction of sp³-hybridized carbons (Fsp3) is 0.917. The lowest BCUT2D eigenvalue weighted by Gasteiger charge is -2.27. The monoisotopic (exact) mass is 226 g/mol. The zero-order valence-corrected chi connectivity index (χ0v) is 10.2. The van der Waals surface area contributed by atoms with Crippen molar-refractivity contribution in [3.05, 3.63) is 0 Å².